The highest BCUT2D eigenvalue weighted by Gasteiger charge is 2.22. The molecule has 1 aromatic rings. The molecule has 1 fully saturated rings. The molecule has 2 nitrogen and oxygen atoms in total. The second-order valence-electron chi connectivity index (χ2n) is 2.58. The van der Waals surface area contributed by atoms with Gasteiger partial charge in [0, 0.05) is 0 Å². The number of benzene rings is 1. The van der Waals surface area contributed by atoms with Crippen LogP contribution in [0.3, 0.4) is 0 Å². The molecule has 12 heavy (non-hydrogen) atoms. The summed E-state index contributed by atoms with van der Waals surface area (Å²) in [7, 11) is 0. The lowest BCUT2D eigenvalue weighted by molar-refractivity contribution is 0.263. The Labute approximate surface area is 77.9 Å². The Balaban J connectivity index is 0.000000720. The first-order chi connectivity index (χ1) is 5.45. The number of halogens is 1. The lowest BCUT2D eigenvalue weighted by Crippen LogP contribution is -2.03. The largest absolute Gasteiger partial charge is 0.491 e. The van der Waals surface area contributed by atoms with Gasteiger partial charge in [0.05, 0.1) is 6.61 Å². The Hall–Kier alpha value is -0.730. The van der Waals surface area contributed by atoms with E-state index in [9.17, 15) is 0 Å². The van der Waals surface area contributed by atoms with Crippen molar-refractivity contribution in [3.63, 3.8) is 0 Å². The summed E-state index contributed by atoms with van der Waals surface area (Å²) in [6.45, 7) is 1.54. The number of hydrogen-bond acceptors (Lipinski definition) is 2. The van der Waals surface area contributed by atoms with Crippen LogP contribution in [-0.4, -0.2) is 19.3 Å². The van der Waals surface area contributed by atoms with Crippen molar-refractivity contribution in [1.29, 1.82) is 0 Å². The second-order valence-corrected chi connectivity index (χ2v) is 2.58. The van der Waals surface area contributed by atoms with Crippen LogP contribution in [-0.2, 0) is 4.74 Å². The number of hydrogen-bond donors (Lipinski definition) is 0. The van der Waals surface area contributed by atoms with E-state index < -0.39 is 0 Å². The summed E-state index contributed by atoms with van der Waals surface area (Å²) in [5.41, 5.74) is 0. The number of para-hydroxylation sites is 1. The van der Waals surface area contributed by atoms with Gasteiger partial charge in [-0.05, 0) is 12.1 Å². The molecular formula is C9H11ClO2. The zero-order valence-electron chi connectivity index (χ0n) is 6.60. The molecule has 0 spiro atoms. The molecule has 0 amide bonds. The Kier molecular flexibility index (Phi) is 3.38. The summed E-state index contributed by atoms with van der Waals surface area (Å²) in [6, 6.07) is 9.79. The Morgan fingerprint density at radius 3 is 2.58 bits per heavy atom. The van der Waals surface area contributed by atoms with Crippen LogP contribution in [0.2, 0.25) is 0 Å². The van der Waals surface area contributed by atoms with E-state index in [4.69, 9.17) is 9.47 Å². The molecule has 1 aromatic carbocycles. The van der Waals surface area contributed by atoms with Gasteiger partial charge in [-0.15, -0.1) is 12.4 Å². The molecule has 1 unspecified atom stereocenters. The van der Waals surface area contributed by atoms with Gasteiger partial charge in [0.2, 0.25) is 0 Å². The third kappa shape index (κ3) is 2.72. The molecule has 66 valence electrons. The van der Waals surface area contributed by atoms with E-state index in [1.54, 1.807) is 0 Å². The first kappa shape index (κ1) is 9.36. The quantitative estimate of drug-likeness (QED) is 0.673. The molecule has 1 saturated heterocycles. The third-order valence-electron chi connectivity index (χ3n) is 1.58. The molecule has 2 rings (SSSR count). The molecule has 1 heterocycles. The van der Waals surface area contributed by atoms with Crippen LogP contribution in [0.5, 0.6) is 5.75 Å². The van der Waals surface area contributed by atoms with Gasteiger partial charge in [-0.25, -0.2) is 0 Å². The predicted molar refractivity (Wildman–Crippen MR) is 48.9 cm³/mol. The maximum absolute atomic E-state index is 5.40. The van der Waals surface area contributed by atoms with Crippen LogP contribution in [0, 0.1) is 0 Å². The molecule has 1 aliphatic rings. The van der Waals surface area contributed by atoms with Crippen LogP contribution in [0.25, 0.3) is 0 Å². The monoisotopic (exact) mass is 186 g/mol. The minimum absolute atomic E-state index is 0. The SMILES string of the molecule is Cl.c1ccc(OCC2CO2)cc1. The van der Waals surface area contributed by atoms with Gasteiger partial charge >= 0.3 is 0 Å². The van der Waals surface area contributed by atoms with Gasteiger partial charge in [-0.3, -0.25) is 0 Å². The highest BCUT2D eigenvalue weighted by atomic mass is 35.5. The van der Waals surface area contributed by atoms with Crippen molar-refractivity contribution in [2.75, 3.05) is 13.2 Å². The molecule has 0 aliphatic carbocycles. The summed E-state index contributed by atoms with van der Waals surface area (Å²) < 4.78 is 10.4. The van der Waals surface area contributed by atoms with E-state index in [0.29, 0.717) is 12.7 Å². The van der Waals surface area contributed by atoms with E-state index in [-0.39, 0.29) is 12.4 Å². The molecular weight excluding hydrogens is 176 g/mol. The Bertz CT molecular complexity index is 221. The smallest absolute Gasteiger partial charge is 0.119 e. The Morgan fingerprint density at radius 2 is 2.00 bits per heavy atom. The van der Waals surface area contributed by atoms with Crippen molar-refractivity contribution in [2.45, 2.75) is 6.10 Å². The summed E-state index contributed by atoms with van der Waals surface area (Å²) in [4.78, 5) is 0. The maximum Gasteiger partial charge on any atom is 0.119 e. The average Bonchev–Trinajstić information content (AvgIpc) is 2.86. The van der Waals surface area contributed by atoms with E-state index in [1.165, 1.54) is 0 Å². The van der Waals surface area contributed by atoms with E-state index in [0.717, 1.165) is 12.4 Å². The van der Waals surface area contributed by atoms with Gasteiger partial charge in [0.15, 0.2) is 0 Å². The van der Waals surface area contributed by atoms with Crippen LogP contribution in [0.4, 0.5) is 0 Å². The summed E-state index contributed by atoms with van der Waals surface area (Å²) in [5.74, 6) is 0.919. The van der Waals surface area contributed by atoms with Crippen molar-refractivity contribution in [1.82, 2.24) is 0 Å². The van der Waals surface area contributed by atoms with Crippen LogP contribution >= 0.6 is 12.4 Å². The minimum Gasteiger partial charge on any atom is -0.491 e. The van der Waals surface area contributed by atoms with Gasteiger partial charge in [-0.2, -0.15) is 0 Å². The van der Waals surface area contributed by atoms with Crippen molar-refractivity contribution in [3.05, 3.63) is 30.3 Å². The predicted octanol–water partition coefficient (Wildman–Crippen LogP) is 1.89. The normalized spacial score (nSPS) is 19.5. The minimum atomic E-state index is 0. The summed E-state index contributed by atoms with van der Waals surface area (Å²) in [6.07, 6.45) is 0.343. The van der Waals surface area contributed by atoms with Gasteiger partial charge in [0.1, 0.15) is 18.5 Å². The Morgan fingerprint density at radius 1 is 1.33 bits per heavy atom. The third-order valence-corrected chi connectivity index (χ3v) is 1.58. The van der Waals surface area contributed by atoms with Gasteiger partial charge in [0.25, 0.3) is 0 Å². The van der Waals surface area contributed by atoms with Gasteiger partial charge in [-0.1, -0.05) is 18.2 Å². The fourth-order valence-electron chi connectivity index (χ4n) is 0.870. The zero-order valence-corrected chi connectivity index (χ0v) is 7.42. The van der Waals surface area contributed by atoms with Crippen LogP contribution in [0.1, 0.15) is 0 Å². The molecule has 0 saturated carbocycles. The molecule has 1 aliphatic heterocycles. The second kappa shape index (κ2) is 4.33. The maximum atomic E-state index is 5.40. The van der Waals surface area contributed by atoms with Crippen molar-refractivity contribution in [2.24, 2.45) is 0 Å². The number of ether oxygens (including phenoxy) is 2. The fraction of sp³-hybridized carbons (Fsp3) is 0.333. The zero-order chi connectivity index (χ0) is 7.52. The molecule has 3 heteroatoms. The summed E-state index contributed by atoms with van der Waals surface area (Å²) >= 11 is 0. The fourth-order valence-corrected chi connectivity index (χ4v) is 0.870. The van der Waals surface area contributed by atoms with E-state index in [2.05, 4.69) is 0 Å². The standard InChI is InChI=1S/C9H10O2.ClH/c1-2-4-8(5-3-1)10-6-9-7-11-9;/h1-5,9H,6-7H2;1H. The van der Waals surface area contributed by atoms with E-state index in [1.807, 2.05) is 30.3 Å². The van der Waals surface area contributed by atoms with Crippen LogP contribution in [0.15, 0.2) is 30.3 Å². The molecule has 1 atom stereocenters. The first-order valence-corrected chi connectivity index (χ1v) is 3.74. The van der Waals surface area contributed by atoms with Gasteiger partial charge < -0.3 is 9.47 Å². The van der Waals surface area contributed by atoms with Crippen molar-refractivity contribution in [3.8, 4) is 5.75 Å². The average molecular weight is 187 g/mol. The summed E-state index contributed by atoms with van der Waals surface area (Å²) in [5, 5.41) is 0. The molecule has 0 N–H and O–H groups in total. The number of rotatable bonds is 3. The molecule has 0 aromatic heterocycles. The highest BCUT2D eigenvalue weighted by Crippen LogP contribution is 2.13. The lowest BCUT2D eigenvalue weighted by Gasteiger charge is -2.01. The highest BCUT2D eigenvalue weighted by molar-refractivity contribution is 5.85. The molecule has 0 bridgehead atoms. The van der Waals surface area contributed by atoms with Crippen molar-refractivity contribution < 1.29 is 9.47 Å². The van der Waals surface area contributed by atoms with E-state index >= 15 is 0 Å². The van der Waals surface area contributed by atoms with Crippen LogP contribution < -0.4 is 4.74 Å². The van der Waals surface area contributed by atoms with Crippen molar-refractivity contribution >= 4 is 12.4 Å². The first-order valence-electron chi connectivity index (χ1n) is 3.74. The number of epoxide rings is 1. The topological polar surface area (TPSA) is 21.8 Å². The lowest BCUT2D eigenvalue weighted by atomic mass is 10.3. The molecule has 0 radical (unpaired) electrons.